The number of hydrogen-bond donors (Lipinski definition) is 1. The summed E-state index contributed by atoms with van der Waals surface area (Å²) in [6.45, 7) is 1.22. The zero-order valence-corrected chi connectivity index (χ0v) is 16.3. The highest BCUT2D eigenvalue weighted by atomic mass is 32.2. The van der Waals surface area contributed by atoms with E-state index in [2.05, 4.69) is 5.32 Å². The molecule has 1 aliphatic rings. The van der Waals surface area contributed by atoms with Crippen LogP contribution in [-0.2, 0) is 26.1 Å². The van der Waals surface area contributed by atoms with Gasteiger partial charge in [0.25, 0.3) is 0 Å². The molecule has 1 heterocycles. The number of carbonyl (C=O) groups is 1. The van der Waals surface area contributed by atoms with E-state index in [0.29, 0.717) is 31.9 Å². The highest BCUT2D eigenvalue weighted by Crippen LogP contribution is 2.18. The molecule has 0 aliphatic carbocycles. The first-order valence-corrected chi connectivity index (χ1v) is 10.4. The van der Waals surface area contributed by atoms with Crippen LogP contribution in [0.25, 0.3) is 6.08 Å². The first-order valence-electron chi connectivity index (χ1n) is 8.94. The summed E-state index contributed by atoms with van der Waals surface area (Å²) in [6.07, 6.45) is 2.74. The van der Waals surface area contributed by atoms with Crippen LogP contribution in [0, 0.1) is 11.6 Å². The quantitative estimate of drug-likeness (QED) is 0.725. The molecule has 0 atom stereocenters. The topological polar surface area (TPSA) is 75.7 Å². The average Bonchev–Trinajstić information content (AvgIpc) is 2.74. The van der Waals surface area contributed by atoms with E-state index >= 15 is 0 Å². The Hall–Kier alpha value is -2.62. The summed E-state index contributed by atoms with van der Waals surface area (Å²) in [4.78, 5) is 12.1. The molecule has 0 saturated carbocycles. The largest absolute Gasteiger partial charge is 0.379 e. The van der Waals surface area contributed by atoms with Gasteiger partial charge in [0.1, 0.15) is 11.6 Å². The molecule has 1 amide bonds. The van der Waals surface area contributed by atoms with Gasteiger partial charge in [-0.15, -0.1) is 0 Å². The molecule has 2 aromatic rings. The molecular formula is C20H20F2N2O4S. The lowest BCUT2D eigenvalue weighted by Crippen LogP contribution is -2.40. The minimum absolute atomic E-state index is 0.0458. The first-order chi connectivity index (χ1) is 13.9. The van der Waals surface area contributed by atoms with Gasteiger partial charge in [-0.3, -0.25) is 4.79 Å². The minimum atomic E-state index is -3.57. The molecule has 0 spiro atoms. The molecule has 1 fully saturated rings. The number of rotatable bonds is 6. The third-order valence-electron chi connectivity index (χ3n) is 4.38. The normalized spacial score (nSPS) is 15.5. The first kappa shape index (κ1) is 21.1. The van der Waals surface area contributed by atoms with Gasteiger partial charge in [-0.2, -0.15) is 4.31 Å². The number of halogens is 2. The van der Waals surface area contributed by atoms with E-state index in [-0.39, 0.29) is 17.0 Å². The van der Waals surface area contributed by atoms with Crippen molar-refractivity contribution in [3.63, 3.8) is 0 Å². The smallest absolute Gasteiger partial charge is 0.244 e. The monoisotopic (exact) mass is 422 g/mol. The maximum absolute atomic E-state index is 13.5. The molecule has 9 heteroatoms. The van der Waals surface area contributed by atoms with E-state index in [9.17, 15) is 22.0 Å². The Morgan fingerprint density at radius 2 is 1.79 bits per heavy atom. The molecule has 0 unspecified atom stereocenters. The molecule has 3 rings (SSSR count). The van der Waals surface area contributed by atoms with E-state index in [0.717, 1.165) is 18.2 Å². The maximum Gasteiger partial charge on any atom is 0.244 e. The molecule has 1 N–H and O–H groups in total. The van der Waals surface area contributed by atoms with Crippen LogP contribution >= 0.6 is 0 Å². The summed E-state index contributed by atoms with van der Waals surface area (Å²) >= 11 is 0. The second kappa shape index (κ2) is 9.25. The Balaban J connectivity index is 1.59. The van der Waals surface area contributed by atoms with Crippen LogP contribution in [-0.4, -0.2) is 44.9 Å². The number of nitrogens with one attached hydrogen (secondary N) is 1. The number of hydrogen-bond acceptors (Lipinski definition) is 4. The molecule has 0 bridgehead atoms. The molecule has 29 heavy (non-hydrogen) atoms. The molecule has 154 valence electrons. The van der Waals surface area contributed by atoms with Crippen LogP contribution in [0.1, 0.15) is 11.1 Å². The maximum atomic E-state index is 13.5. The average molecular weight is 422 g/mol. The Labute approximate surface area is 167 Å². The fourth-order valence-electron chi connectivity index (χ4n) is 2.78. The Morgan fingerprint density at radius 3 is 2.48 bits per heavy atom. The van der Waals surface area contributed by atoms with Gasteiger partial charge < -0.3 is 10.1 Å². The van der Waals surface area contributed by atoms with Crippen molar-refractivity contribution in [1.29, 1.82) is 0 Å². The lowest BCUT2D eigenvalue weighted by atomic mass is 10.2. The number of amides is 1. The number of nitrogens with zero attached hydrogens (tertiary/aromatic N) is 1. The fourth-order valence-corrected chi connectivity index (χ4v) is 4.19. The van der Waals surface area contributed by atoms with Crippen LogP contribution in [0.2, 0.25) is 0 Å². The summed E-state index contributed by atoms with van der Waals surface area (Å²) in [6, 6.07) is 9.15. The van der Waals surface area contributed by atoms with Crippen LogP contribution in [0.4, 0.5) is 8.78 Å². The zero-order valence-electron chi connectivity index (χ0n) is 15.5. The van der Waals surface area contributed by atoms with E-state index in [4.69, 9.17) is 4.74 Å². The van der Waals surface area contributed by atoms with Crippen molar-refractivity contribution < 1.29 is 26.7 Å². The van der Waals surface area contributed by atoms with Crippen LogP contribution < -0.4 is 5.32 Å². The highest BCUT2D eigenvalue weighted by molar-refractivity contribution is 7.89. The van der Waals surface area contributed by atoms with E-state index < -0.39 is 27.6 Å². The molecule has 6 nitrogen and oxygen atoms in total. The van der Waals surface area contributed by atoms with E-state index in [1.54, 1.807) is 12.1 Å². The van der Waals surface area contributed by atoms with Gasteiger partial charge in [0.2, 0.25) is 15.9 Å². The summed E-state index contributed by atoms with van der Waals surface area (Å²) in [5, 5.41) is 2.47. The summed E-state index contributed by atoms with van der Waals surface area (Å²) < 4.78 is 58.4. The number of ether oxygens (including phenoxy) is 1. The molecule has 0 radical (unpaired) electrons. The van der Waals surface area contributed by atoms with Crippen molar-refractivity contribution in [3.05, 3.63) is 71.3 Å². The van der Waals surface area contributed by atoms with Crippen LogP contribution in [0.15, 0.2) is 53.4 Å². The van der Waals surface area contributed by atoms with Crippen molar-refractivity contribution in [1.82, 2.24) is 9.62 Å². The van der Waals surface area contributed by atoms with Gasteiger partial charge in [-0.25, -0.2) is 17.2 Å². The second-order valence-electron chi connectivity index (χ2n) is 6.37. The van der Waals surface area contributed by atoms with Crippen molar-refractivity contribution in [2.45, 2.75) is 11.4 Å². The summed E-state index contributed by atoms with van der Waals surface area (Å²) in [5.41, 5.74) is 0.669. The Bertz CT molecular complexity index is 1000. The van der Waals surface area contributed by atoms with Crippen molar-refractivity contribution in [2.75, 3.05) is 26.3 Å². The standard InChI is InChI=1S/C20H20F2N2O4S/c21-17-4-7-19(22)16(13-17)14-23-20(25)8-3-15-1-5-18(6-2-15)29(26,27)24-9-11-28-12-10-24/h1-8,13H,9-12,14H2,(H,23,25). The molecule has 1 saturated heterocycles. The third kappa shape index (κ3) is 5.47. The van der Waals surface area contributed by atoms with E-state index in [1.807, 2.05) is 0 Å². The van der Waals surface area contributed by atoms with Crippen LogP contribution in [0.3, 0.4) is 0 Å². The van der Waals surface area contributed by atoms with Gasteiger partial charge in [0.05, 0.1) is 18.1 Å². The predicted molar refractivity (Wildman–Crippen MR) is 103 cm³/mol. The molecule has 0 aromatic heterocycles. The fraction of sp³-hybridized carbons (Fsp3) is 0.250. The van der Waals surface area contributed by atoms with Gasteiger partial charge in [-0.1, -0.05) is 12.1 Å². The number of carbonyl (C=O) groups excluding carboxylic acids is 1. The lowest BCUT2D eigenvalue weighted by Gasteiger charge is -2.26. The summed E-state index contributed by atoms with van der Waals surface area (Å²) in [7, 11) is -3.57. The van der Waals surface area contributed by atoms with Gasteiger partial charge in [-0.05, 0) is 42.0 Å². The SMILES string of the molecule is O=C(C=Cc1ccc(S(=O)(=O)N2CCOCC2)cc1)NCc1cc(F)ccc1F. The highest BCUT2D eigenvalue weighted by Gasteiger charge is 2.25. The van der Waals surface area contributed by atoms with Crippen molar-refractivity contribution >= 4 is 22.0 Å². The van der Waals surface area contributed by atoms with Gasteiger partial charge in [0.15, 0.2) is 0 Å². The Kier molecular flexibility index (Phi) is 6.73. The summed E-state index contributed by atoms with van der Waals surface area (Å²) in [5.74, 6) is -1.68. The molecule has 2 aromatic carbocycles. The number of morpholine rings is 1. The molecule has 1 aliphatic heterocycles. The van der Waals surface area contributed by atoms with Crippen LogP contribution in [0.5, 0.6) is 0 Å². The second-order valence-corrected chi connectivity index (χ2v) is 8.31. The predicted octanol–water partition coefficient (Wildman–Crippen LogP) is 2.32. The van der Waals surface area contributed by atoms with E-state index in [1.165, 1.54) is 28.6 Å². The van der Waals surface area contributed by atoms with Crippen molar-refractivity contribution in [2.24, 2.45) is 0 Å². The Morgan fingerprint density at radius 1 is 1.10 bits per heavy atom. The minimum Gasteiger partial charge on any atom is -0.379 e. The zero-order chi connectivity index (χ0) is 20.9. The van der Waals surface area contributed by atoms with Gasteiger partial charge in [0, 0.05) is 31.3 Å². The molecular weight excluding hydrogens is 402 g/mol. The number of benzene rings is 2. The lowest BCUT2D eigenvalue weighted by molar-refractivity contribution is -0.116. The third-order valence-corrected chi connectivity index (χ3v) is 6.29. The van der Waals surface area contributed by atoms with Gasteiger partial charge >= 0.3 is 0 Å². The van der Waals surface area contributed by atoms with Crippen molar-refractivity contribution in [3.8, 4) is 0 Å². The number of sulfonamides is 1.